The summed E-state index contributed by atoms with van der Waals surface area (Å²) in [5.41, 5.74) is 8.78. The minimum atomic E-state index is -0.108. The van der Waals surface area contributed by atoms with E-state index in [4.69, 9.17) is 10.5 Å². The molecule has 6 nitrogen and oxygen atoms in total. The van der Waals surface area contributed by atoms with E-state index in [9.17, 15) is 9.59 Å². The van der Waals surface area contributed by atoms with E-state index < -0.39 is 0 Å². The molecule has 29 heavy (non-hydrogen) atoms. The summed E-state index contributed by atoms with van der Waals surface area (Å²) in [4.78, 5) is 25.0. The number of aryl methyl sites for hydroxylation is 1. The number of hydrogen-bond donors (Lipinski definition) is 3. The van der Waals surface area contributed by atoms with E-state index in [1.165, 1.54) is 6.42 Å². The van der Waals surface area contributed by atoms with Crippen LogP contribution >= 0.6 is 0 Å². The van der Waals surface area contributed by atoms with Crippen LogP contribution in [-0.4, -0.2) is 18.9 Å². The van der Waals surface area contributed by atoms with Crippen LogP contribution in [0.15, 0.2) is 42.5 Å². The zero-order valence-electron chi connectivity index (χ0n) is 16.9. The van der Waals surface area contributed by atoms with Crippen molar-refractivity contribution in [2.24, 2.45) is 5.92 Å². The molecule has 0 heterocycles. The van der Waals surface area contributed by atoms with Gasteiger partial charge in [-0.2, -0.15) is 0 Å². The first-order valence-corrected chi connectivity index (χ1v) is 10.2. The number of carbonyl (C=O) groups excluding carboxylic acids is 2. The number of carbonyl (C=O) groups is 2. The second-order valence-electron chi connectivity index (χ2n) is 7.49. The van der Waals surface area contributed by atoms with Crippen LogP contribution in [0.25, 0.3) is 0 Å². The monoisotopic (exact) mass is 395 g/mol. The maximum Gasteiger partial charge on any atom is 0.227 e. The lowest BCUT2D eigenvalue weighted by atomic mass is 9.88. The van der Waals surface area contributed by atoms with Crippen LogP contribution in [0.4, 0.5) is 17.1 Å². The van der Waals surface area contributed by atoms with Crippen molar-refractivity contribution < 1.29 is 14.3 Å². The van der Waals surface area contributed by atoms with Gasteiger partial charge in [0.2, 0.25) is 11.8 Å². The summed E-state index contributed by atoms with van der Waals surface area (Å²) in [6, 6.07) is 12.8. The molecule has 1 saturated carbocycles. The lowest BCUT2D eigenvalue weighted by Gasteiger charge is -2.21. The largest absolute Gasteiger partial charge is 0.495 e. The summed E-state index contributed by atoms with van der Waals surface area (Å²) < 4.78 is 5.37. The van der Waals surface area contributed by atoms with Gasteiger partial charge in [-0.25, -0.2) is 0 Å². The van der Waals surface area contributed by atoms with E-state index in [2.05, 4.69) is 10.6 Å². The summed E-state index contributed by atoms with van der Waals surface area (Å²) in [5, 5.41) is 5.87. The maximum atomic E-state index is 12.6. The van der Waals surface area contributed by atoms with Crippen molar-refractivity contribution in [3.63, 3.8) is 0 Å². The first kappa shape index (κ1) is 20.7. The minimum absolute atomic E-state index is 0.0195. The van der Waals surface area contributed by atoms with Crippen LogP contribution in [0.1, 0.15) is 44.1 Å². The maximum absolute atomic E-state index is 12.6. The molecular weight excluding hydrogens is 366 g/mol. The second kappa shape index (κ2) is 9.96. The first-order chi connectivity index (χ1) is 14.1. The highest BCUT2D eigenvalue weighted by Gasteiger charge is 2.22. The van der Waals surface area contributed by atoms with Crippen LogP contribution in [0.3, 0.4) is 0 Å². The molecule has 0 bridgehead atoms. The molecule has 0 radical (unpaired) electrons. The normalized spacial score (nSPS) is 14.2. The van der Waals surface area contributed by atoms with Crippen LogP contribution < -0.4 is 21.1 Å². The number of para-hydroxylation sites is 1. The van der Waals surface area contributed by atoms with E-state index in [0.717, 1.165) is 31.2 Å². The molecule has 4 N–H and O–H groups in total. The fraction of sp³-hybridized carbons (Fsp3) is 0.391. The van der Waals surface area contributed by atoms with Crippen molar-refractivity contribution in [2.75, 3.05) is 23.5 Å². The highest BCUT2D eigenvalue weighted by Crippen LogP contribution is 2.30. The van der Waals surface area contributed by atoms with Gasteiger partial charge in [-0.05, 0) is 49.1 Å². The van der Waals surface area contributed by atoms with E-state index in [1.807, 2.05) is 24.3 Å². The SMILES string of the molecule is COc1ccc(NC(=O)CCc2ccccc2N)cc1NC(=O)C1CCCCC1. The lowest BCUT2D eigenvalue weighted by Crippen LogP contribution is -2.25. The van der Waals surface area contributed by atoms with Crippen LogP contribution in [-0.2, 0) is 16.0 Å². The van der Waals surface area contributed by atoms with Crippen LogP contribution in [0.5, 0.6) is 5.75 Å². The fourth-order valence-corrected chi connectivity index (χ4v) is 3.72. The molecule has 0 aromatic heterocycles. The molecule has 6 heteroatoms. The molecule has 2 aromatic carbocycles. The van der Waals surface area contributed by atoms with E-state index in [1.54, 1.807) is 25.3 Å². The standard InChI is InChI=1S/C23H29N3O3/c1-29-21-13-12-18(15-20(21)26-23(28)17-8-3-2-4-9-17)25-22(27)14-11-16-7-5-6-10-19(16)24/h5-7,10,12-13,15,17H,2-4,8-9,11,14,24H2,1H3,(H,25,27)(H,26,28). The van der Waals surface area contributed by atoms with Crippen molar-refractivity contribution in [2.45, 2.75) is 44.9 Å². The Kier molecular flexibility index (Phi) is 7.11. The van der Waals surface area contributed by atoms with Gasteiger partial charge < -0.3 is 21.1 Å². The highest BCUT2D eigenvalue weighted by atomic mass is 16.5. The second-order valence-corrected chi connectivity index (χ2v) is 7.49. The number of amides is 2. The summed E-state index contributed by atoms with van der Waals surface area (Å²) in [6.07, 6.45) is 6.13. The summed E-state index contributed by atoms with van der Waals surface area (Å²) in [5.74, 6) is 0.529. The number of anilines is 3. The number of methoxy groups -OCH3 is 1. The Labute approximate surface area is 171 Å². The molecule has 1 aliphatic rings. The number of rotatable bonds is 7. The molecule has 1 aliphatic carbocycles. The van der Waals surface area contributed by atoms with Gasteiger partial charge in [-0.15, -0.1) is 0 Å². The van der Waals surface area contributed by atoms with Crippen molar-refractivity contribution >= 4 is 28.9 Å². The van der Waals surface area contributed by atoms with Crippen LogP contribution in [0, 0.1) is 5.92 Å². The van der Waals surface area contributed by atoms with Gasteiger partial charge in [0.15, 0.2) is 0 Å². The third-order valence-corrected chi connectivity index (χ3v) is 5.39. The molecule has 0 spiro atoms. The Balaban J connectivity index is 1.62. The van der Waals surface area contributed by atoms with Gasteiger partial charge in [-0.3, -0.25) is 9.59 Å². The summed E-state index contributed by atoms with van der Waals surface area (Å²) in [6.45, 7) is 0. The number of ether oxygens (including phenoxy) is 1. The molecule has 2 aromatic rings. The molecule has 154 valence electrons. The van der Waals surface area contributed by atoms with E-state index >= 15 is 0 Å². The molecule has 0 atom stereocenters. The van der Waals surface area contributed by atoms with Gasteiger partial charge in [-0.1, -0.05) is 37.5 Å². The number of hydrogen-bond acceptors (Lipinski definition) is 4. The zero-order chi connectivity index (χ0) is 20.6. The lowest BCUT2D eigenvalue weighted by molar-refractivity contribution is -0.120. The van der Waals surface area contributed by atoms with E-state index in [0.29, 0.717) is 35.7 Å². The fourth-order valence-electron chi connectivity index (χ4n) is 3.72. The van der Waals surface area contributed by atoms with Gasteiger partial charge in [0, 0.05) is 23.7 Å². The van der Waals surface area contributed by atoms with E-state index in [-0.39, 0.29) is 17.7 Å². The average Bonchev–Trinajstić information content (AvgIpc) is 2.74. The predicted octanol–water partition coefficient (Wildman–Crippen LogP) is 4.37. The Bertz CT molecular complexity index is 860. The third-order valence-electron chi connectivity index (χ3n) is 5.39. The van der Waals surface area contributed by atoms with Gasteiger partial charge >= 0.3 is 0 Å². The smallest absolute Gasteiger partial charge is 0.227 e. The molecule has 0 aliphatic heterocycles. The van der Waals surface area contributed by atoms with Gasteiger partial charge in [0.25, 0.3) is 0 Å². The summed E-state index contributed by atoms with van der Waals surface area (Å²) in [7, 11) is 1.56. The van der Waals surface area contributed by atoms with Crippen molar-refractivity contribution in [1.82, 2.24) is 0 Å². The molecule has 3 rings (SSSR count). The Morgan fingerprint density at radius 2 is 1.83 bits per heavy atom. The zero-order valence-corrected chi connectivity index (χ0v) is 16.9. The first-order valence-electron chi connectivity index (χ1n) is 10.2. The predicted molar refractivity (Wildman–Crippen MR) is 116 cm³/mol. The average molecular weight is 396 g/mol. The topological polar surface area (TPSA) is 93.4 Å². The molecular formula is C23H29N3O3. The molecule has 0 unspecified atom stereocenters. The Morgan fingerprint density at radius 1 is 1.07 bits per heavy atom. The van der Waals surface area contributed by atoms with Crippen molar-refractivity contribution in [1.29, 1.82) is 0 Å². The minimum Gasteiger partial charge on any atom is -0.495 e. The quantitative estimate of drug-likeness (QED) is 0.607. The van der Waals surface area contributed by atoms with Crippen LogP contribution in [0.2, 0.25) is 0 Å². The summed E-state index contributed by atoms with van der Waals surface area (Å²) >= 11 is 0. The number of nitrogens with two attached hydrogens (primary N) is 1. The van der Waals surface area contributed by atoms with Gasteiger partial charge in [0.1, 0.15) is 5.75 Å². The Hall–Kier alpha value is -3.02. The molecule has 1 fully saturated rings. The van der Waals surface area contributed by atoms with Crippen molar-refractivity contribution in [3.05, 3.63) is 48.0 Å². The molecule has 0 saturated heterocycles. The third kappa shape index (κ3) is 5.73. The number of nitrogen functional groups attached to an aromatic ring is 1. The van der Waals surface area contributed by atoms with Gasteiger partial charge in [0.05, 0.1) is 12.8 Å². The molecule has 2 amide bonds. The Morgan fingerprint density at radius 3 is 2.55 bits per heavy atom. The number of nitrogens with one attached hydrogen (secondary N) is 2. The number of benzene rings is 2. The van der Waals surface area contributed by atoms with Crippen molar-refractivity contribution in [3.8, 4) is 5.75 Å². The highest BCUT2D eigenvalue weighted by molar-refractivity contribution is 5.96.